The van der Waals surface area contributed by atoms with Gasteiger partial charge in [-0.15, -0.1) is 0 Å². The van der Waals surface area contributed by atoms with Crippen molar-refractivity contribution in [3.05, 3.63) is 33.8 Å². The first-order valence-corrected chi connectivity index (χ1v) is 11.2. The first-order chi connectivity index (χ1) is 14.7. The second kappa shape index (κ2) is 10.6. The average Bonchev–Trinajstić information content (AvgIpc) is 3.22. The lowest BCUT2D eigenvalue weighted by molar-refractivity contribution is -0.146. The Hall–Kier alpha value is -1.87. The van der Waals surface area contributed by atoms with E-state index in [4.69, 9.17) is 34.0 Å². The van der Waals surface area contributed by atoms with Gasteiger partial charge in [-0.3, -0.25) is 14.4 Å². The van der Waals surface area contributed by atoms with Crippen LogP contribution in [-0.2, 0) is 20.8 Å². The van der Waals surface area contributed by atoms with Gasteiger partial charge in [-0.2, -0.15) is 0 Å². The Morgan fingerprint density at radius 2 is 1.81 bits per heavy atom. The molecule has 2 aliphatic rings. The van der Waals surface area contributed by atoms with Crippen molar-refractivity contribution in [1.29, 1.82) is 0 Å². The molecule has 10 heteroatoms. The van der Waals surface area contributed by atoms with Gasteiger partial charge in [-0.05, 0) is 43.6 Å². The van der Waals surface area contributed by atoms with E-state index in [9.17, 15) is 14.4 Å². The lowest BCUT2D eigenvalue weighted by Gasteiger charge is -2.43. The van der Waals surface area contributed by atoms with Crippen molar-refractivity contribution in [2.45, 2.75) is 37.8 Å². The topological polar surface area (TPSA) is 107 Å². The molecule has 170 valence electrons. The normalized spacial score (nSPS) is 20.7. The molecule has 0 spiro atoms. The fourth-order valence-electron chi connectivity index (χ4n) is 4.24. The zero-order valence-corrected chi connectivity index (χ0v) is 18.8. The number of carboxylic acids is 1. The first kappa shape index (κ1) is 23.8. The van der Waals surface area contributed by atoms with Gasteiger partial charge in [0.1, 0.15) is 0 Å². The van der Waals surface area contributed by atoms with Gasteiger partial charge in [0.25, 0.3) is 0 Å². The molecular weight excluding hydrogens is 443 g/mol. The smallest absolute Gasteiger partial charge is 0.305 e. The molecule has 2 heterocycles. The molecule has 8 nitrogen and oxygen atoms in total. The summed E-state index contributed by atoms with van der Waals surface area (Å²) in [6.07, 6.45) is 2.03. The van der Waals surface area contributed by atoms with Crippen molar-refractivity contribution >= 4 is 41.0 Å². The fourth-order valence-corrected chi connectivity index (χ4v) is 4.56. The van der Waals surface area contributed by atoms with Gasteiger partial charge in [0.15, 0.2) is 0 Å². The van der Waals surface area contributed by atoms with E-state index >= 15 is 0 Å². The molecule has 2 fully saturated rings. The summed E-state index contributed by atoms with van der Waals surface area (Å²) in [7, 11) is 0. The molecule has 0 bridgehead atoms. The third-order valence-electron chi connectivity index (χ3n) is 5.83. The van der Waals surface area contributed by atoms with Crippen LogP contribution >= 0.6 is 23.2 Å². The van der Waals surface area contributed by atoms with E-state index in [1.807, 2.05) is 4.90 Å². The van der Waals surface area contributed by atoms with E-state index in [1.54, 1.807) is 23.1 Å². The predicted molar refractivity (Wildman–Crippen MR) is 118 cm³/mol. The second-order valence-corrected chi connectivity index (χ2v) is 8.98. The maximum atomic E-state index is 13.1. The van der Waals surface area contributed by atoms with E-state index in [2.05, 4.69) is 4.90 Å². The number of hydrogen-bond acceptors (Lipinski definition) is 5. The Labute approximate surface area is 191 Å². The van der Waals surface area contributed by atoms with E-state index in [0.717, 1.165) is 31.5 Å². The molecular formula is C21H28Cl2N4O4. The van der Waals surface area contributed by atoms with Crippen molar-refractivity contribution in [3.8, 4) is 0 Å². The van der Waals surface area contributed by atoms with Crippen LogP contribution in [0.2, 0.25) is 10.0 Å². The lowest BCUT2D eigenvalue weighted by atomic mass is 10.1. The quantitative estimate of drug-likeness (QED) is 0.624. The second-order valence-electron chi connectivity index (χ2n) is 8.16. The predicted octanol–water partition coefficient (Wildman–Crippen LogP) is 1.47. The number of hydrogen-bond donors (Lipinski definition) is 2. The van der Waals surface area contributed by atoms with Gasteiger partial charge in [0.05, 0.1) is 35.0 Å². The summed E-state index contributed by atoms with van der Waals surface area (Å²) in [6.45, 7) is 3.66. The Balaban J connectivity index is 1.70. The van der Waals surface area contributed by atoms with Crippen molar-refractivity contribution < 1.29 is 19.5 Å². The molecule has 2 amide bonds. The zero-order chi connectivity index (χ0) is 22.5. The van der Waals surface area contributed by atoms with Gasteiger partial charge in [0.2, 0.25) is 11.8 Å². The van der Waals surface area contributed by atoms with Gasteiger partial charge >= 0.3 is 5.97 Å². The number of amides is 2. The van der Waals surface area contributed by atoms with Crippen LogP contribution in [0.5, 0.6) is 0 Å². The van der Waals surface area contributed by atoms with Crippen molar-refractivity contribution in [2.75, 3.05) is 39.3 Å². The Morgan fingerprint density at radius 1 is 1.10 bits per heavy atom. The van der Waals surface area contributed by atoms with Crippen LogP contribution in [0.3, 0.4) is 0 Å². The molecule has 2 aliphatic heterocycles. The van der Waals surface area contributed by atoms with Gasteiger partial charge < -0.3 is 25.5 Å². The lowest BCUT2D eigenvalue weighted by Crippen LogP contribution is -2.61. The van der Waals surface area contributed by atoms with Crippen LogP contribution in [0.1, 0.15) is 24.8 Å². The first-order valence-electron chi connectivity index (χ1n) is 10.5. The number of benzene rings is 1. The molecule has 31 heavy (non-hydrogen) atoms. The molecule has 0 radical (unpaired) electrons. The Morgan fingerprint density at radius 3 is 2.45 bits per heavy atom. The van der Waals surface area contributed by atoms with Crippen LogP contribution in [0.15, 0.2) is 18.2 Å². The SMILES string of the molecule is NC(CC(=O)O)C(=O)N1CCN(C(=O)Cc2ccc(Cl)c(Cl)c2)C(CN2CCCC2)C1. The van der Waals surface area contributed by atoms with E-state index < -0.39 is 18.4 Å². The summed E-state index contributed by atoms with van der Waals surface area (Å²) in [4.78, 5) is 42.4. The van der Waals surface area contributed by atoms with Crippen molar-refractivity contribution in [3.63, 3.8) is 0 Å². The molecule has 0 aliphatic carbocycles. The van der Waals surface area contributed by atoms with E-state index in [1.165, 1.54) is 0 Å². The molecule has 2 atom stereocenters. The number of likely N-dealkylation sites (tertiary alicyclic amines) is 1. The number of carbonyl (C=O) groups is 3. The minimum absolute atomic E-state index is 0.0375. The molecule has 1 aromatic carbocycles. The van der Waals surface area contributed by atoms with Gasteiger partial charge in [-0.1, -0.05) is 29.3 Å². The standard InChI is InChI=1S/C21H28Cl2N4O4/c22-16-4-3-14(9-17(16)23)10-19(28)27-8-7-26(21(31)18(24)11-20(29)30)13-15(27)12-25-5-1-2-6-25/h3-4,9,15,18H,1-2,5-8,10-13,24H2,(H,29,30). The fraction of sp³-hybridized carbons (Fsp3) is 0.571. The highest BCUT2D eigenvalue weighted by Crippen LogP contribution is 2.24. The minimum Gasteiger partial charge on any atom is -0.481 e. The van der Waals surface area contributed by atoms with E-state index in [0.29, 0.717) is 36.2 Å². The number of carboxylic acid groups (broad SMARTS) is 1. The summed E-state index contributed by atoms with van der Waals surface area (Å²) in [5.74, 6) is -1.53. The molecule has 2 saturated heterocycles. The molecule has 0 aromatic heterocycles. The minimum atomic E-state index is -1.11. The number of nitrogens with two attached hydrogens (primary N) is 1. The Kier molecular flexibility index (Phi) is 8.16. The van der Waals surface area contributed by atoms with Crippen LogP contribution < -0.4 is 5.73 Å². The highest BCUT2D eigenvalue weighted by molar-refractivity contribution is 6.42. The summed E-state index contributed by atoms with van der Waals surface area (Å²) >= 11 is 12.1. The molecule has 0 saturated carbocycles. The highest BCUT2D eigenvalue weighted by Gasteiger charge is 2.35. The number of piperazine rings is 1. The number of halogens is 2. The third kappa shape index (κ3) is 6.32. The average molecular weight is 471 g/mol. The zero-order valence-electron chi connectivity index (χ0n) is 17.3. The Bertz CT molecular complexity index is 832. The number of carbonyl (C=O) groups excluding carboxylic acids is 2. The maximum absolute atomic E-state index is 13.1. The molecule has 3 rings (SSSR count). The van der Waals surface area contributed by atoms with Gasteiger partial charge in [-0.25, -0.2) is 0 Å². The molecule has 1 aromatic rings. The van der Waals surface area contributed by atoms with Crippen LogP contribution in [0.4, 0.5) is 0 Å². The maximum Gasteiger partial charge on any atom is 0.305 e. The van der Waals surface area contributed by atoms with E-state index in [-0.39, 0.29) is 24.3 Å². The summed E-state index contributed by atoms with van der Waals surface area (Å²) < 4.78 is 0. The molecule has 2 unspecified atom stereocenters. The van der Waals surface area contributed by atoms with Gasteiger partial charge in [0, 0.05) is 26.2 Å². The number of aliphatic carboxylic acids is 1. The van der Waals surface area contributed by atoms with Crippen molar-refractivity contribution in [1.82, 2.24) is 14.7 Å². The van der Waals surface area contributed by atoms with Crippen LogP contribution in [0, 0.1) is 0 Å². The number of nitrogens with zero attached hydrogens (tertiary/aromatic N) is 3. The van der Waals surface area contributed by atoms with Crippen LogP contribution in [0.25, 0.3) is 0 Å². The van der Waals surface area contributed by atoms with Crippen LogP contribution in [-0.4, -0.2) is 88.9 Å². The highest BCUT2D eigenvalue weighted by atomic mass is 35.5. The monoisotopic (exact) mass is 470 g/mol. The number of rotatable bonds is 7. The van der Waals surface area contributed by atoms with Crippen molar-refractivity contribution in [2.24, 2.45) is 5.73 Å². The largest absolute Gasteiger partial charge is 0.481 e. The third-order valence-corrected chi connectivity index (χ3v) is 6.57. The summed E-state index contributed by atoms with van der Waals surface area (Å²) in [6, 6.07) is 3.90. The summed E-state index contributed by atoms with van der Waals surface area (Å²) in [5, 5.41) is 9.78. The summed E-state index contributed by atoms with van der Waals surface area (Å²) in [5.41, 5.74) is 6.57. The molecule has 3 N–H and O–H groups in total.